The first-order valence-corrected chi connectivity index (χ1v) is 6.25. The molecule has 0 fully saturated rings. The average Bonchev–Trinajstić information content (AvgIpc) is 2.84. The Morgan fingerprint density at radius 2 is 2.00 bits per heavy atom. The van der Waals surface area contributed by atoms with Crippen LogP contribution in [0, 0.1) is 13.8 Å². The molecule has 0 bridgehead atoms. The topological polar surface area (TPSA) is 30.2 Å². The van der Waals surface area contributed by atoms with E-state index in [4.69, 9.17) is 4.42 Å². The van der Waals surface area contributed by atoms with Gasteiger partial charge in [-0.05, 0) is 42.7 Å². The van der Waals surface area contributed by atoms with Gasteiger partial charge < -0.3 is 4.42 Å². The van der Waals surface area contributed by atoms with Crippen molar-refractivity contribution in [2.24, 2.45) is 0 Å². The van der Waals surface area contributed by atoms with Crippen LogP contribution >= 0.6 is 0 Å². The third kappa shape index (κ3) is 3.33. The quantitative estimate of drug-likeness (QED) is 0.801. The highest BCUT2D eigenvalue weighted by Crippen LogP contribution is 2.12. The number of aryl methyl sites for hydroxylation is 3. The van der Waals surface area contributed by atoms with Crippen molar-refractivity contribution >= 4 is 5.78 Å². The number of rotatable bonds is 5. The van der Waals surface area contributed by atoms with Crippen LogP contribution in [0.25, 0.3) is 0 Å². The van der Waals surface area contributed by atoms with Crippen LogP contribution in [0.3, 0.4) is 0 Å². The van der Waals surface area contributed by atoms with E-state index >= 15 is 0 Å². The summed E-state index contributed by atoms with van der Waals surface area (Å²) < 4.78 is 5.22. The maximum atomic E-state index is 11.9. The molecule has 0 saturated carbocycles. The smallest absolute Gasteiger partial charge is 0.137 e. The van der Waals surface area contributed by atoms with Gasteiger partial charge in [0.2, 0.25) is 0 Å². The normalized spacial score (nSPS) is 10.6. The lowest BCUT2D eigenvalue weighted by Gasteiger charge is -2.04. The van der Waals surface area contributed by atoms with Crippen LogP contribution in [0.4, 0.5) is 0 Å². The third-order valence-corrected chi connectivity index (χ3v) is 3.20. The summed E-state index contributed by atoms with van der Waals surface area (Å²) in [6.45, 7) is 4.16. The first kappa shape index (κ1) is 12.6. The summed E-state index contributed by atoms with van der Waals surface area (Å²) in [6.07, 6.45) is 3.39. The zero-order valence-electron chi connectivity index (χ0n) is 10.9. The van der Waals surface area contributed by atoms with Crippen LogP contribution in [-0.4, -0.2) is 5.78 Å². The molecule has 0 aliphatic carbocycles. The zero-order chi connectivity index (χ0) is 13.0. The fourth-order valence-electron chi connectivity index (χ4n) is 1.95. The van der Waals surface area contributed by atoms with Gasteiger partial charge in [-0.1, -0.05) is 18.2 Å². The molecule has 0 amide bonds. The van der Waals surface area contributed by atoms with E-state index in [-0.39, 0.29) is 5.78 Å². The highest BCUT2D eigenvalue weighted by atomic mass is 16.3. The second-order valence-electron chi connectivity index (χ2n) is 4.71. The number of carbonyl (C=O) groups is 1. The van der Waals surface area contributed by atoms with Crippen LogP contribution in [0.5, 0.6) is 0 Å². The maximum Gasteiger partial charge on any atom is 0.137 e. The van der Waals surface area contributed by atoms with Gasteiger partial charge in [-0.2, -0.15) is 0 Å². The van der Waals surface area contributed by atoms with Crippen LogP contribution in [0.15, 0.2) is 41.0 Å². The minimum Gasteiger partial charge on any atom is -0.469 e. The lowest BCUT2D eigenvalue weighted by atomic mass is 10.0. The van der Waals surface area contributed by atoms with Crippen LogP contribution in [0.1, 0.15) is 28.9 Å². The lowest BCUT2D eigenvalue weighted by molar-refractivity contribution is -0.118. The molecule has 0 aliphatic heterocycles. The van der Waals surface area contributed by atoms with Crippen LogP contribution in [0.2, 0.25) is 0 Å². The summed E-state index contributed by atoms with van der Waals surface area (Å²) in [5, 5.41) is 0. The first-order chi connectivity index (χ1) is 8.65. The molecular formula is C16H18O2. The van der Waals surface area contributed by atoms with Gasteiger partial charge in [0.25, 0.3) is 0 Å². The van der Waals surface area contributed by atoms with E-state index in [0.717, 1.165) is 11.3 Å². The summed E-state index contributed by atoms with van der Waals surface area (Å²) in [5.41, 5.74) is 3.61. The van der Waals surface area contributed by atoms with Gasteiger partial charge in [-0.15, -0.1) is 0 Å². The molecule has 2 nitrogen and oxygen atoms in total. The molecule has 0 unspecified atom stereocenters. The molecule has 2 aromatic rings. The van der Waals surface area contributed by atoms with Crippen molar-refractivity contribution in [2.45, 2.75) is 33.1 Å². The molecule has 0 atom stereocenters. The maximum absolute atomic E-state index is 11.9. The van der Waals surface area contributed by atoms with Crippen LogP contribution in [-0.2, 0) is 17.6 Å². The number of furan rings is 1. The number of hydrogen-bond donors (Lipinski definition) is 0. The minimum absolute atomic E-state index is 0.259. The molecule has 0 aliphatic rings. The largest absolute Gasteiger partial charge is 0.469 e. The predicted octanol–water partition coefficient (Wildman–Crippen LogP) is 3.64. The number of hydrogen-bond acceptors (Lipinski definition) is 2. The highest BCUT2D eigenvalue weighted by Gasteiger charge is 2.06. The van der Waals surface area contributed by atoms with Gasteiger partial charge in [0.05, 0.1) is 6.26 Å². The van der Waals surface area contributed by atoms with Crippen molar-refractivity contribution in [3.8, 4) is 0 Å². The van der Waals surface area contributed by atoms with Crippen LogP contribution < -0.4 is 0 Å². The second kappa shape index (κ2) is 5.67. The predicted molar refractivity (Wildman–Crippen MR) is 71.7 cm³/mol. The summed E-state index contributed by atoms with van der Waals surface area (Å²) >= 11 is 0. The second-order valence-corrected chi connectivity index (χ2v) is 4.71. The Morgan fingerprint density at radius 1 is 1.17 bits per heavy atom. The number of carbonyl (C=O) groups excluding carboxylic acids is 1. The van der Waals surface area contributed by atoms with Crippen molar-refractivity contribution in [1.82, 2.24) is 0 Å². The van der Waals surface area contributed by atoms with E-state index in [9.17, 15) is 4.79 Å². The number of benzene rings is 1. The minimum atomic E-state index is 0.259. The van der Waals surface area contributed by atoms with Gasteiger partial charge in [-0.25, -0.2) is 0 Å². The lowest BCUT2D eigenvalue weighted by Crippen LogP contribution is -2.04. The van der Waals surface area contributed by atoms with E-state index in [1.165, 1.54) is 11.1 Å². The Morgan fingerprint density at radius 3 is 2.67 bits per heavy atom. The molecule has 1 heterocycles. The molecule has 0 saturated heterocycles. The zero-order valence-corrected chi connectivity index (χ0v) is 10.9. The molecule has 94 valence electrons. The molecule has 18 heavy (non-hydrogen) atoms. The number of ketones is 1. The van der Waals surface area contributed by atoms with E-state index < -0.39 is 0 Å². The van der Waals surface area contributed by atoms with Crippen molar-refractivity contribution in [1.29, 1.82) is 0 Å². The molecule has 2 rings (SSSR count). The SMILES string of the molecule is Cc1ccc(CC(=O)CCc2ccco2)cc1C. The number of Topliss-reactive ketones (excluding diaryl/α,β-unsaturated/α-hetero) is 1. The Hall–Kier alpha value is -1.83. The third-order valence-electron chi connectivity index (χ3n) is 3.20. The summed E-state index contributed by atoms with van der Waals surface area (Å²) in [4.78, 5) is 11.9. The Labute approximate surface area is 108 Å². The van der Waals surface area contributed by atoms with Gasteiger partial charge in [0, 0.05) is 19.3 Å². The molecule has 1 aromatic carbocycles. The summed E-state index contributed by atoms with van der Waals surface area (Å²) in [6, 6.07) is 9.96. The van der Waals surface area contributed by atoms with Crippen molar-refractivity contribution in [3.05, 3.63) is 59.0 Å². The monoisotopic (exact) mass is 242 g/mol. The average molecular weight is 242 g/mol. The summed E-state index contributed by atoms with van der Waals surface area (Å²) in [7, 11) is 0. The molecule has 0 N–H and O–H groups in total. The van der Waals surface area contributed by atoms with Gasteiger partial charge in [-0.3, -0.25) is 4.79 Å². The fraction of sp³-hybridized carbons (Fsp3) is 0.312. The fourth-order valence-corrected chi connectivity index (χ4v) is 1.95. The highest BCUT2D eigenvalue weighted by molar-refractivity contribution is 5.81. The Bertz CT molecular complexity index is 524. The van der Waals surface area contributed by atoms with Gasteiger partial charge in [0.1, 0.15) is 11.5 Å². The van der Waals surface area contributed by atoms with E-state index in [0.29, 0.717) is 19.3 Å². The van der Waals surface area contributed by atoms with E-state index in [2.05, 4.69) is 26.0 Å². The molecule has 2 heteroatoms. The standard InChI is InChI=1S/C16H18O2/c1-12-5-6-14(10-13(12)2)11-15(17)7-8-16-4-3-9-18-16/h3-6,9-10H,7-8,11H2,1-2H3. The molecular weight excluding hydrogens is 224 g/mol. The first-order valence-electron chi connectivity index (χ1n) is 6.25. The van der Waals surface area contributed by atoms with Crippen molar-refractivity contribution in [3.63, 3.8) is 0 Å². The Kier molecular flexibility index (Phi) is 3.98. The molecule has 1 aromatic heterocycles. The van der Waals surface area contributed by atoms with Crippen molar-refractivity contribution < 1.29 is 9.21 Å². The molecule has 0 radical (unpaired) electrons. The van der Waals surface area contributed by atoms with Gasteiger partial charge >= 0.3 is 0 Å². The Balaban J connectivity index is 1.88. The summed E-state index contributed by atoms with van der Waals surface area (Å²) in [5.74, 6) is 1.14. The van der Waals surface area contributed by atoms with E-state index in [1.807, 2.05) is 18.2 Å². The molecule has 0 spiro atoms. The van der Waals surface area contributed by atoms with Crippen molar-refractivity contribution in [2.75, 3.05) is 0 Å². The van der Waals surface area contributed by atoms with Gasteiger partial charge in [0.15, 0.2) is 0 Å². The van der Waals surface area contributed by atoms with E-state index in [1.54, 1.807) is 6.26 Å².